The van der Waals surface area contributed by atoms with Crippen molar-refractivity contribution in [3.8, 4) is 17.2 Å². The topological polar surface area (TPSA) is 107 Å². The molecule has 3 rings (SSSR count). The van der Waals surface area contributed by atoms with Crippen LogP contribution in [0.1, 0.15) is 5.56 Å². The first-order valence-corrected chi connectivity index (χ1v) is 8.36. The second-order valence-electron chi connectivity index (χ2n) is 5.75. The predicted octanol–water partition coefficient (Wildman–Crippen LogP) is 1.54. The van der Waals surface area contributed by atoms with Crippen molar-refractivity contribution in [1.29, 1.82) is 0 Å². The van der Waals surface area contributed by atoms with Gasteiger partial charge in [0.2, 0.25) is 0 Å². The second-order valence-corrected chi connectivity index (χ2v) is 5.75. The maximum atomic E-state index is 12.2. The lowest BCUT2D eigenvalue weighted by Crippen LogP contribution is -2.34. The van der Waals surface area contributed by atoms with Gasteiger partial charge >= 0.3 is 11.8 Å². The molecule has 28 heavy (non-hydrogen) atoms. The lowest BCUT2D eigenvalue weighted by Gasteiger charge is -2.11. The number of anilines is 1. The molecule has 9 heteroatoms. The molecule has 0 aliphatic carbocycles. The van der Waals surface area contributed by atoms with Crippen molar-refractivity contribution >= 4 is 17.5 Å². The number of rotatable bonds is 6. The van der Waals surface area contributed by atoms with Crippen molar-refractivity contribution < 1.29 is 19.1 Å². The van der Waals surface area contributed by atoms with Crippen LogP contribution in [0, 0.1) is 0 Å². The zero-order valence-electron chi connectivity index (χ0n) is 15.4. The van der Waals surface area contributed by atoms with Crippen LogP contribution in [0.15, 0.2) is 55.1 Å². The fraction of sp³-hybridized carbons (Fsp3) is 0.158. The molecule has 2 aromatic carbocycles. The van der Waals surface area contributed by atoms with E-state index in [-0.39, 0.29) is 6.54 Å². The predicted molar refractivity (Wildman–Crippen MR) is 101 cm³/mol. The van der Waals surface area contributed by atoms with Gasteiger partial charge in [0.05, 0.1) is 19.9 Å². The third-order valence-corrected chi connectivity index (χ3v) is 3.93. The van der Waals surface area contributed by atoms with Crippen molar-refractivity contribution in [1.82, 2.24) is 20.1 Å². The number of amides is 2. The number of carbonyl (C=O) groups is 2. The molecule has 144 valence electrons. The first kappa shape index (κ1) is 18.9. The number of benzene rings is 2. The molecule has 2 N–H and O–H groups in total. The Labute approximate surface area is 161 Å². The summed E-state index contributed by atoms with van der Waals surface area (Å²) in [6.07, 6.45) is 3.08. The minimum absolute atomic E-state index is 0.174. The summed E-state index contributed by atoms with van der Waals surface area (Å²) in [6.45, 7) is 0.174. The van der Waals surface area contributed by atoms with Crippen LogP contribution in [0.4, 0.5) is 5.69 Å². The molecule has 0 saturated carbocycles. The third kappa shape index (κ3) is 4.44. The van der Waals surface area contributed by atoms with E-state index < -0.39 is 11.8 Å². The van der Waals surface area contributed by atoms with Crippen LogP contribution in [0.25, 0.3) is 5.69 Å². The molecule has 9 nitrogen and oxygen atoms in total. The van der Waals surface area contributed by atoms with Crippen LogP contribution < -0.4 is 20.1 Å². The minimum Gasteiger partial charge on any atom is -0.493 e. The number of carbonyl (C=O) groups excluding carboxylic acids is 2. The van der Waals surface area contributed by atoms with E-state index in [0.29, 0.717) is 17.2 Å². The molecule has 3 aromatic rings. The first-order chi connectivity index (χ1) is 13.6. The Balaban J connectivity index is 1.59. The molecule has 0 bridgehead atoms. The number of nitrogens with one attached hydrogen (secondary N) is 2. The Kier molecular flexibility index (Phi) is 5.85. The molecule has 1 heterocycles. The van der Waals surface area contributed by atoms with Crippen LogP contribution in [-0.4, -0.2) is 40.8 Å². The smallest absolute Gasteiger partial charge is 0.313 e. The highest BCUT2D eigenvalue weighted by atomic mass is 16.5. The number of ether oxygens (including phenoxy) is 2. The lowest BCUT2D eigenvalue weighted by molar-refractivity contribution is -0.136. The highest BCUT2D eigenvalue weighted by molar-refractivity contribution is 6.39. The van der Waals surface area contributed by atoms with Gasteiger partial charge in [-0.2, -0.15) is 0 Å². The standard InChI is InChI=1S/C19H19N5O4/c1-27-16-7-6-13(8-17(16)28-2)10-20-18(25)19(26)23-14-4-3-5-15(9-14)24-11-21-22-12-24/h3-9,11-12H,10H2,1-2H3,(H,20,25)(H,23,26). The summed E-state index contributed by atoms with van der Waals surface area (Å²) < 4.78 is 12.1. The Hall–Kier alpha value is -3.88. The maximum Gasteiger partial charge on any atom is 0.313 e. The van der Waals surface area contributed by atoms with Gasteiger partial charge in [0.15, 0.2) is 11.5 Å². The molecule has 2 amide bonds. The molecule has 0 spiro atoms. The summed E-state index contributed by atoms with van der Waals surface area (Å²) in [5.41, 5.74) is 2.01. The van der Waals surface area contributed by atoms with E-state index in [1.54, 1.807) is 48.1 Å². The van der Waals surface area contributed by atoms with E-state index in [1.165, 1.54) is 19.8 Å². The molecular formula is C19H19N5O4. The maximum absolute atomic E-state index is 12.2. The second kappa shape index (κ2) is 8.67. The van der Waals surface area contributed by atoms with Gasteiger partial charge in [0.1, 0.15) is 12.7 Å². The molecule has 0 aliphatic rings. The van der Waals surface area contributed by atoms with Gasteiger partial charge in [-0.25, -0.2) is 0 Å². The molecule has 0 fully saturated rings. The van der Waals surface area contributed by atoms with E-state index in [9.17, 15) is 9.59 Å². The van der Waals surface area contributed by atoms with Gasteiger partial charge in [-0.1, -0.05) is 12.1 Å². The number of aromatic nitrogens is 3. The van der Waals surface area contributed by atoms with Crippen molar-refractivity contribution in [2.24, 2.45) is 0 Å². The van der Waals surface area contributed by atoms with E-state index in [4.69, 9.17) is 9.47 Å². The molecular weight excluding hydrogens is 362 g/mol. The lowest BCUT2D eigenvalue weighted by atomic mass is 10.2. The quantitative estimate of drug-likeness (QED) is 0.627. The Morgan fingerprint density at radius 2 is 1.71 bits per heavy atom. The Morgan fingerprint density at radius 1 is 0.964 bits per heavy atom. The van der Waals surface area contributed by atoms with Crippen LogP contribution in [-0.2, 0) is 16.1 Å². The Bertz CT molecular complexity index is 972. The van der Waals surface area contributed by atoms with Gasteiger partial charge in [-0.3, -0.25) is 14.2 Å². The van der Waals surface area contributed by atoms with Crippen LogP contribution >= 0.6 is 0 Å². The first-order valence-electron chi connectivity index (χ1n) is 8.36. The average Bonchev–Trinajstić information content (AvgIpc) is 3.26. The monoisotopic (exact) mass is 381 g/mol. The van der Waals surface area contributed by atoms with Crippen LogP contribution in [0.3, 0.4) is 0 Å². The Morgan fingerprint density at radius 3 is 2.43 bits per heavy atom. The number of nitrogens with zero attached hydrogens (tertiary/aromatic N) is 3. The van der Waals surface area contributed by atoms with E-state index in [2.05, 4.69) is 20.8 Å². The van der Waals surface area contributed by atoms with E-state index in [0.717, 1.165) is 11.3 Å². The molecule has 0 radical (unpaired) electrons. The third-order valence-electron chi connectivity index (χ3n) is 3.93. The van der Waals surface area contributed by atoms with Crippen molar-refractivity contribution in [3.05, 3.63) is 60.7 Å². The van der Waals surface area contributed by atoms with Crippen molar-refractivity contribution in [3.63, 3.8) is 0 Å². The molecule has 0 atom stereocenters. The molecule has 0 unspecified atom stereocenters. The number of hydrogen-bond donors (Lipinski definition) is 2. The minimum atomic E-state index is -0.763. The summed E-state index contributed by atoms with van der Waals surface area (Å²) >= 11 is 0. The fourth-order valence-corrected chi connectivity index (χ4v) is 2.52. The van der Waals surface area contributed by atoms with Crippen LogP contribution in [0.5, 0.6) is 11.5 Å². The summed E-state index contributed by atoms with van der Waals surface area (Å²) in [6, 6.07) is 12.2. The zero-order chi connectivity index (χ0) is 19.9. The summed E-state index contributed by atoms with van der Waals surface area (Å²) in [4.78, 5) is 24.3. The van der Waals surface area contributed by atoms with Gasteiger partial charge < -0.3 is 20.1 Å². The summed E-state index contributed by atoms with van der Waals surface area (Å²) in [5.74, 6) is -0.376. The molecule has 0 saturated heterocycles. The number of methoxy groups -OCH3 is 2. The van der Waals surface area contributed by atoms with Crippen molar-refractivity contribution in [2.45, 2.75) is 6.54 Å². The van der Waals surface area contributed by atoms with E-state index >= 15 is 0 Å². The average molecular weight is 381 g/mol. The van der Waals surface area contributed by atoms with Gasteiger partial charge in [-0.15, -0.1) is 10.2 Å². The largest absolute Gasteiger partial charge is 0.493 e. The van der Waals surface area contributed by atoms with Gasteiger partial charge in [0, 0.05) is 12.2 Å². The molecule has 1 aromatic heterocycles. The SMILES string of the molecule is COc1ccc(CNC(=O)C(=O)Nc2cccc(-n3cnnc3)c2)cc1OC. The van der Waals surface area contributed by atoms with Crippen LogP contribution in [0.2, 0.25) is 0 Å². The van der Waals surface area contributed by atoms with Crippen molar-refractivity contribution in [2.75, 3.05) is 19.5 Å². The zero-order valence-corrected chi connectivity index (χ0v) is 15.4. The summed E-state index contributed by atoms with van der Waals surface area (Å²) in [7, 11) is 3.07. The van der Waals surface area contributed by atoms with Gasteiger partial charge in [0.25, 0.3) is 0 Å². The highest BCUT2D eigenvalue weighted by Gasteiger charge is 2.14. The highest BCUT2D eigenvalue weighted by Crippen LogP contribution is 2.27. The molecule has 0 aliphatic heterocycles. The van der Waals surface area contributed by atoms with Gasteiger partial charge in [-0.05, 0) is 35.9 Å². The van der Waals surface area contributed by atoms with E-state index in [1.807, 2.05) is 6.07 Å². The summed E-state index contributed by atoms with van der Waals surface area (Å²) in [5, 5.41) is 12.6. The fourth-order valence-electron chi connectivity index (χ4n) is 2.52. The normalized spacial score (nSPS) is 10.2. The number of hydrogen-bond acceptors (Lipinski definition) is 6.